The van der Waals surface area contributed by atoms with Gasteiger partial charge in [-0.3, -0.25) is 4.79 Å². The highest BCUT2D eigenvalue weighted by Gasteiger charge is 2.32. The summed E-state index contributed by atoms with van der Waals surface area (Å²) < 4.78 is 5.96. The third-order valence-corrected chi connectivity index (χ3v) is 4.34. The van der Waals surface area contributed by atoms with Crippen molar-refractivity contribution in [3.63, 3.8) is 0 Å². The maximum Gasteiger partial charge on any atom is 0.225 e. The molecular weight excluding hydrogens is 216 g/mol. The molecule has 0 unspecified atom stereocenters. The molecular formula is C13H22N2O2. The van der Waals surface area contributed by atoms with Crippen molar-refractivity contribution in [2.24, 2.45) is 5.92 Å². The van der Waals surface area contributed by atoms with Crippen LogP contribution in [0.4, 0.5) is 0 Å². The Morgan fingerprint density at radius 2 is 1.76 bits per heavy atom. The van der Waals surface area contributed by atoms with Crippen molar-refractivity contribution in [1.29, 1.82) is 0 Å². The van der Waals surface area contributed by atoms with Gasteiger partial charge >= 0.3 is 0 Å². The van der Waals surface area contributed by atoms with Crippen LogP contribution in [0.25, 0.3) is 0 Å². The predicted octanol–water partition coefficient (Wildman–Crippen LogP) is 0.766. The van der Waals surface area contributed by atoms with Crippen LogP contribution in [0.15, 0.2) is 0 Å². The first-order valence-electron chi connectivity index (χ1n) is 6.98. The second-order valence-electron chi connectivity index (χ2n) is 5.57. The standard InChI is InChI=1S/C13H22N2O2/c16-13(10-2-1-3-10)15-6-4-11(5-7-15)17-12-8-14-9-12/h10-12,14H,1-9H2. The molecule has 1 N–H and O–H groups in total. The molecule has 0 radical (unpaired) electrons. The highest BCUT2D eigenvalue weighted by atomic mass is 16.5. The molecule has 2 aliphatic heterocycles. The molecule has 1 aliphatic carbocycles. The van der Waals surface area contributed by atoms with E-state index in [9.17, 15) is 4.79 Å². The summed E-state index contributed by atoms with van der Waals surface area (Å²) in [5.74, 6) is 0.753. The van der Waals surface area contributed by atoms with Crippen molar-refractivity contribution in [2.75, 3.05) is 26.2 Å². The molecule has 4 nitrogen and oxygen atoms in total. The van der Waals surface area contributed by atoms with Crippen LogP contribution in [0.5, 0.6) is 0 Å². The molecule has 2 saturated heterocycles. The summed E-state index contributed by atoms with van der Waals surface area (Å²) in [5, 5.41) is 3.22. The molecule has 3 rings (SSSR count). The molecule has 0 bridgehead atoms. The highest BCUT2D eigenvalue weighted by molar-refractivity contribution is 5.79. The molecule has 17 heavy (non-hydrogen) atoms. The number of nitrogens with one attached hydrogen (secondary N) is 1. The minimum Gasteiger partial charge on any atom is -0.372 e. The second kappa shape index (κ2) is 4.94. The van der Waals surface area contributed by atoms with E-state index in [0.717, 1.165) is 51.9 Å². The van der Waals surface area contributed by atoms with E-state index in [-0.39, 0.29) is 0 Å². The zero-order chi connectivity index (χ0) is 11.7. The second-order valence-corrected chi connectivity index (χ2v) is 5.57. The number of rotatable bonds is 3. The van der Waals surface area contributed by atoms with E-state index in [2.05, 4.69) is 10.2 Å². The summed E-state index contributed by atoms with van der Waals surface area (Å²) in [5.41, 5.74) is 0. The fourth-order valence-electron chi connectivity index (χ4n) is 2.76. The summed E-state index contributed by atoms with van der Waals surface area (Å²) in [6.45, 7) is 3.81. The first kappa shape index (κ1) is 11.5. The van der Waals surface area contributed by atoms with E-state index >= 15 is 0 Å². The lowest BCUT2D eigenvalue weighted by Gasteiger charge is -2.39. The zero-order valence-electron chi connectivity index (χ0n) is 10.4. The quantitative estimate of drug-likeness (QED) is 0.789. The Bertz CT molecular complexity index is 279. The first-order valence-corrected chi connectivity index (χ1v) is 6.98. The molecule has 0 aromatic carbocycles. The summed E-state index contributed by atoms with van der Waals surface area (Å²) >= 11 is 0. The average Bonchev–Trinajstić information content (AvgIpc) is 2.22. The molecule has 1 amide bonds. The Morgan fingerprint density at radius 1 is 1.06 bits per heavy atom. The van der Waals surface area contributed by atoms with Gasteiger partial charge < -0.3 is 15.0 Å². The number of likely N-dealkylation sites (tertiary alicyclic amines) is 1. The van der Waals surface area contributed by atoms with Gasteiger partial charge in [0.25, 0.3) is 0 Å². The van der Waals surface area contributed by atoms with Crippen LogP contribution in [0.1, 0.15) is 32.1 Å². The summed E-state index contributed by atoms with van der Waals surface area (Å²) in [6, 6.07) is 0. The number of amides is 1. The molecule has 4 heteroatoms. The fourth-order valence-corrected chi connectivity index (χ4v) is 2.76. The van der Waals surface area contributed by atoms with Crippen LogP contribution in [-0.4, -0.2) is 49.2 Å². The van der Waals surface area contributed by atoms with Crippen LogP contribution in [0.2, 0.25) is 0 Å². The van der Waals surface area contributed by atoms with Crippen molar-refractivity contribution in [3.05, 3.63) is 0 Å². The summed E-state index contributed by atoms with van der Waals surface area (Å²) in [4.78, 5) is 14.1. The number of carbonyl (C=O) groups is 1. The molecule has 2 heterocycles. The van der Waals surface area contributed by atoms with E-state index in [4.69, 9.17) is 4.74 Å². The van der Waals surface area contributed by atoms with E-state index in [0.29, 0.717) is 24.0 Å². The molecule has 3 aliphatic rings. The molecule has 1 saturated carbocycles. The van der Waals surface area contributed by atoms with Crippen molar-refractivity contribution < 1.29 is 9.53 Å². The Labute approximate surface area is 103 Å². The lowest BCUT2D eigenvalue weighted by Crippen LogP contribution is -2.52. The lowest BCUT2D eigenvalue weighted by atomic mass is 9.84. The van der Waals surface area contributed by atoms with E-state index in [1.807, 2.05) is 0 Å². The Balaban J connectivity index is 1.41. The van der Waals surface area contributed by atoms with Crippen LogP contribution >= 0.6 is 0 Å². The number of piperidine rings is 1. The van der Waals surface area contributed by atoms with Crippen molar-refractivity contribution in [2.45, 2.75) is 44.3 Å². The van der Waals surface area contributed by atoms with Crippen LogP contribution < -0.4 is 5.32 Å². The van der Waals surface area contributed by atoms with E-state index in [1.165, 1.54) is 6.42 Å². The summed E-state index contributed by atoms with van der Waals surface area (Å²) in [6.07, 6.45) is 6.32. The Kier molecular flexibility index (Phi) is 3.34. The molecule has 96 valence electrons. The fraction of sp³-hybridized carbons (Fsp3) is 0.923. The van der Waals surface area contributed by atoms with Crippen molar-refractivity contribution in [3.8, 4) is 0 Å². The lowest BCUT2D eigenvalue weighted by molar-refractivity contribution is -0.142. The number of ether oxygens (including phenoxy) is 1. The van der Waals surface area contributed by atoms with Crippen LogP contribution in [0, 0.1) is 5.92 Å². The zero-order valence-corrected chi connectivity index (χ0v) is 10.4. The van der Waals surface area contributed by atoms with Crippen LogP contribution in [0.3, 0.4) is 0 Å². The highest BCUT2D eigenvalue weighted by Crippen LogP contribution is 2.29. The van der Waals surface area contributed by atoms with Gasteiger partial charge in [0.05, 0.1) is 12.2 Å². The minimum atomic E-state index is 0.350. The third-order valence-electron chi connectivity index (χ3n) is 4.34. The maximum atomic E-state index is 12.1. The first-order chi connectivity index (χ1) is 8.33. The smallest absolute Gasteiger partial charge is 0.225 e. The van der Waals surface area contributed by atoms with Gasteiger partial charge in [-0.15, -0.1) is 0 Å². The number of carbonyl (C=O) groups excluding carboxylic acids is 1. The van der Waals surface area contributed by atoms with Crippen molar-refractivity contribution >= 4 is 5.91 Å². The number of nitrogens with zero attached hydrogens (tertiary/aromatic N) is 1. The minimum absolute atomic E-state index is 0.350. The third kappa shape index (κ3) is 2.47. The Morgan fingerprint density at radius 3 is 2.24 bits per heavy atom. The van der Waals surface area contributed by atoms with Gasteiger partial charge in [-0.1, -0.05) is 6.42 Å². The van der Waals surface area contributed by atoms with Gasteiger partial charge in [-0.2, -0.15) is 0 Å². The van der Waals surface area contributed by atoms with Gasteiger partial charge in [0.2, 0.25) is 5.91 Å². The van der Waals surface area contributed by atoms with Gasteiger partial charge in [-0.25, -0.2) is 0 Å². The van der Waals surface area contributed by atoms with Gasteiger partial charge in [0.15, 0.2) is 0 Å². The van der Waals surface area contributed by atoms with E-state index < -0.39 is 0 Å². The largest absolute Gasteiger partial charge is 0.372 e. The van der Waals surface area contributed by atoms with E-state index in [1.54, 1.807) is 0 Å². The predicted molar refractivity (Wildman–Crippen MR) is 64.7 cm³/mol. The van der Waals surface area contributed by atoms with Crippen molar-refractivity contribution in [1.82, 2.24) is 10.2 Å². The molecule has 0 spiro atoms. The maximum absolute atomic E-state index is 12.1. The monoisotopic (exact) mass is 238 g/mol. The molecule has 0 aromatic heterocycles. The average molecular weight is 238 g/mol. The van der Waals surface area contributed by atoms with Crippen LogP contribution in [-0.2, 0) is 9.53 Å². The van der Waals surface area contributed by atoms with Gasteiger partial charge in [-0.05, 0) is 25.7 Å². The SMILES string of the molecule is O=C(C1CCC1)N1CCC(OC2CNC2)CC1. The summed E-state index contributed by atoms with van der Waals surface area (Å²) in [7, 11) is 0. The molecule has 0 aromatic rings. The van der Waals surface area contributed by atoms with Gasteiger partial charge in [0, 0.05) is 32.1 Å². The Hall–Kier alpha value is -0.610. The molecule has 3 fully saturated rings. The topological polar surface area (TPSA) is 41.6 Å². The normalized spacial score (nSPS) is 27.6. The molecule has 0 atom stereocenters. The number of hydrogen-bond donors (Lipinski definition) is 1. The van der Waals surface area contributed by atoms with Gasteiger partial charge in [0.1, 0.15) is 0 Å². The number of hydrogen-bond acceptors (Lipinski definition) is 3.